The first kappa shape index (κ1) is 20.4. The summed E-state index contributed by atoms with van der Waals surface area (Å²) in [6.45, 7) is 0. The fraction of sp³-hybridized carbons (Fsp3) is 0. The molecule has 5 heteroatoms. The molecule has 170 valence electrons. The molecule has 2 aliphatic rings. The molecule has 5 nitrogen and oxygen atoms in total. The van der Waals surface area contributed by atoms with Gasteiger partial charge in [-0.1, -0.05) is 30.3 Å². The minimum absolute atomic E-state index is 0.903. The highest BCUT2D eigenvalue weighted by Crippen LogP contribution is 2.29. The first-order valence-corrected chi connectivity index (χ1v) is 11.9. The van der Waals surface area contributed by atoms with E-state index in [1.54, 1.807) is 0 Å². The molecule has 0 amide bonds. The molecule has 6 heterocycles. The van der Waals surface area contributed by atoms with Crippen LogP contribution < -0.4 is 0 Å². The van der Waals surface area contributed by atoms with E-state index in [0.29, 0.717) is 0 Å². The molecule has 5 aromatic rings. The fourth-order valence-corrected chi connectivity index (χ4v) is 4.61. The Morgan fingerprint density at radius 2 is 1.11 bits per heavy atom. The van der Waals surface area contributed by atoms with Crippen LogP contribution in [0.25, 0.3) is 68.8 Å². The van der Waals surface area contributed by atoms with Crippen molar-refractivity contribution in [2.75, 3.05) is 0 Å². The number of H-pyrrole nitrogens is 2. The van der Waals surface area contributed by atoms with Crippen molar-refractivity contribution in [3.63, 3.8) is 0 Å². The van der Waals surface area contributed by atoms with Crippen molar-refractivity contribution in [1.29, 1.82) is 0 Å². The van der Waals surface area contributed by atoms with Gasteiger partial charge in [-0.25, -0.2) is 9.97 Å². The predicted molar refractivity (Wildman–Crippen MR) is 148 cm³/mol. The first-order chi connectivity index (χ1) is 17.7. The highest BCUT2D eigenvalue weighted by atomic mass is 14.8. The highest BCUT2D eigenvalue weighted by Gasteiger charge is 2.08. The minimum Gasteiger partial charge on any atom is -0.355 e. The zero-order valence-electron chi connectivity index (χ0n) is 19.3. The van der Waals surface area contributed by atoms with E-state index in [4.69, 9.17) is 9.97 Å². The van der Waals surface area contributed by atoms with Crippen molar-refractivity contribution in [3.05, 3.63) is 114 Å². The van der Waals surface area contributed by atoms with Crippen molar-refractivity contribution >= 4 is 46.4 Å². The molecular weight excluding hydrogens is 442 g/mol. The fourth-order valence-electron chi connectivity index (χ4n) is 4.61. The van der Waals surface area contributed by atoms with Crippen LogP contribution in [0, 0.1) is 0 Å². The summed E-state index contributed by atoms with van der Waals surface area (Å²) < 4.78 is 0. The molecule has 0 saturated carbocycles. The Morgan fingerprint density at radius 3 is 1.75 bits per heavy atom. The molecular formula is C31H21N5. The van der Waals surface area contributed by atoms with Crippen LogP contribution in [0.3, 0.4) is 0 Å². The molecule has 2 N–H and O–H groups in total. The Labute approximate surface area is 207 Å². The topological polar surface area (TPSA) is 70.2 Å². The highest BCUT2D eigenvalue weighted by molar-refractivity contribution is 5.88. The average Bonchev–Trinajstić information content (AvgIpc) is 3.70. The van der Waals surface area contributed by atoms with Gasteiger partial charge in [0.25, 0.3) is 0 Å². The van der Waals surface area contributed by atoms with Gasteiger partial charge >= 0.3 is 0 Å². The maximum absolute atomic E-state index is 4.81. The van der Waals surface area contributed by atoms with E-state index < -0.39 is 0 Å². The second-order valence-electron chi connectivity index (χ2n) is 8.88. The van der Waals surface area contributed by atoms with Crippen molar-refractivity contribution in [3.8, 4) is 22.4 Å². The smallest absolute Gasteiger partial charge is 0.0701 e. The summed E-state index contributed by atoms with van der Waals surface area (Å²) in [7, 11) is 0. The van der Waals surface area contributed by atoms with Crippen LogP contribution in [-0.4, -0.2) is 24.9 Å². The first-order valence-electron chi connectivity index (χ1n) is 11.9. The van der Waals surface area contributed by atoms with E-state index in [0.717, 1.165) is 67.2 Å². The van der Waals surface area contributed by atoms with Crippen LogP contribution in [0.5, 0.6) is 0 Å². The van der Waals surface area contributed by atoms with Gasteiger partial charge in [-0.3, -0.25) is 4.98 Å². The molecule has 36 heavy (non-hydrogen) atoms. The molecule has 2 aliphatic heterocycles. The molecule has 1 aromatic carbocycles. The Balaban J connectivity index is 1.43. The minimum atomic E-state index is 0.903. The van der Waals surface area contributed by atoms with Crippen molar-refractivity contribution in [2.45, 2.75) is 0 Å². The third kappa shape index (κ3) is 3.93. The maximum Gasteiger partial charge on any atom is 0.0701 e. The molecule has 0 spiro atoms. The normalized spacial score (nSPS) is 12.2. The second-order valence-corrected chi connectivity index (χ2v) is 8.88. The number of rotatable bonds is 2. The van der Waals surface area contributed by atoms with Crippen LogP contribution in [-0.2, 0) is 0 Å². The monoisotopic (exact) mass is 463 g/mol. The van der Waals surface area contributed by atoms with E-state index in [1.165, 1.54) is 0 Å². The molecule has 0 aliphatic carbocycles. The van der Waals surface area contributed by atoms with Crippen LogP contribution in [0.2, 0.25) is 0 Å². The van der Waals surface area contributed by atoms with Gasteiger partial charge in [0.1, 0.15) is 0 Å². The Hall–Kier alpha value is -5.03. The lowest BCUT2D eigenvalue weighted by atomic mass is 10.0. The number of aromatic amines is 2. The van der Waals surface area contributed by atoms with Crippen molar-refractivity contribution in [1.82, 2.24) is 24.9 Å². The van der Waals surface area contributed by atoms with Gasteiger partial charge < -0.3 is 9.97 Å². The van der Waals surface area contributed by atoms with Gasteiger partial charge in [0.15, 0.2) is 0 Å². The Morgan fingerprint density at radius 1 is 0.500 bits per heavy atom. The summed E-state index contributed by atoms with van der Waals surface area (Å²) in [5.74, 6) is 0. The summed E-state index contributed by atoms with van der Waals surface area (Å²) >= 11 is 0. The molecule has 0 radical (unpaired) electrons. The van der Waals surface area contributed by atoms with E-state index in [1.807, 2.05) is 54.8 Å². The van der Waals surface area contributed by atoms with Crippen LogP contribution in [0.4, 0.5) is 0 Å². The molecule has 0 fully saturated rings. The van der Waals surface area contributed by atoms with Gasteiger partial charge in [-0.05, 0) is 84.5 Å². The summed E-state index contributed by atoms with van der Waals surface area (Å²) in [4.78, 5) is 21.1. The Bertz CT molecular complexity index is 1820. The zero-order chi connectivity index (χ0) is 23.9. The van der Waals surface area contributed by atoms with Gasteiger partial charge in [-0.2, -0.15) is 0 Å². The largest absolute Gasteiger partial charge is 0.355 e. The number of benzene rings is 1. The van der Waals surface area contributed by atoms with E-state index in [2.05, 4.69) is 75.6 Å². The summed E-state index contributed by atoms with van der Waals surface area (Å²) in [6.07, 6.45) is 9.97. The predicted octanol–water partition coefficient (Wildman–Crippen LogP) is 7.38. The van der Waals surface area contributed by atoms with Gasteiger partial charge in [0, 0.05) is 39.4 Å². The van der Waals surface area contributed by atoms with E-state index in [9.17, 15) is 0 Å². The number of hydrogen-bond acceptors (Lipinski definition) is 3. The molecule has 0 saturated heterocycles. The average molecular weight is 464 g/mol. The summed E-state index contributed by atoms with van der Waals surface area (Å²) in [6, 6.07) is 29.0. The SMILES string of the molecule is C1=Cc2cc3cc(-c4ccc(-c5ccccn5)cc4)c(cc4nc(cc5ccc(cc1n2)[nH]5)C=C4)[nH]3. The van der Waals surface area contributed by atoms with Crippen LogP contribution in [0.1, 0.15) is 22.8 Å². The standard InChI is InChI=1S/C31H21N5/c1-2-14-32-30(3-1)21-6-4-20(5-7-21)29-18-28-17-26-11-10-24(34-26)15-22-8-9-23(33-22)16-25-12-13-27(35-25)19-31(29)36-28/h1-19,33,36H. The van der Waals surface area contributed by atoms with E-state index in [-0.39, 0.29) is 0 Å². The lowest BCUT2D eigenvalue weighted by Gasteiger charge is -2.03. The van der Waals surface area contributed by atoms with E-state index >= 15 is 0 Å². The van der Waals surface area contributed by atoms with Crippen LogP contribution in [0.15, 0.2) is 91.1 Å². The lowest BCUT2D eigenvalue weighted by molar-refractivity contribution is 1.31. The third-order valence-corrected chi connectivity index (χ3v) is 6.33. The van der Waals surface area contributed by atoms with Gasteiger partial charge in [0.05, 0.1) is 28.5 Å². The van der Waals surface area contributed by atoms with Gasteiger partial charge in [0.2, 0.25) is 0 Å². The molecule has 0 unspecified atom stereocenters. The molecule has 8 bridgehead atoms. The van der Waals surface area contributed by atoms with Crippen molar-refractivity contribution < 1.29 is 0 Å². The van der Waals surface area contributed by atoms with Crippen molar-refractivity contribution in [2.24, 2.45) is 0 Å². The van der Waals surface area contributed by atoms with Crippen LogP contribution >= 0.6 is 0 Å². The third-order valence-electron chi connectivity index (χ3n) is 6.33. The Kier molecular flexibility index (Phi) is 4.71. The molecule has 7 rings (SSSR count). The number of fused-ring (bicyclic) bond motifs is 8. The van der Waals surface area contributed by atoms with Gasteiger partial charge in [-0.15, -0.1) is 0 Å². The molecule has 4 aromatic heterocycles. The number of aromatic nitrogens is 5. The zero-order valence-corrected chi connectivity index (χ0v) is 19.3. The lowest BCUT2D eigenvalue weighted by Crippen LogP contribution is -1.82. The summed E-state index contributed by atoms with van der Waals surface area (Å²) in [5, 5.41) is 0. The number of pyridine rings is 1. The molecule has 0 atom stereocenters. The number of nitrogens with one attached hydrogen (secondary N) is 2. The maximum atomic E-state index is 4.81. The second kappa shape index (κ2) is 8.32. The number of hydrogen-bond donors (Lipinski definition) is 2. The quantitative estimate of drug-likeness (QED) is 0.281. The number of nitrogens with zero attached hydrogens (tertiary/aromatic N) is 3. The summed E-state index contributed by atoms with van der Waals surface area (Å²) in [5.41, 5.74) is 11.9.